The monoisotopic (exact) mass is 510 g/mol. The maximum atomic E-state index is 13.3. The van der Waals surface area contributed by atoms with Gasteiger partial charge in [0.15, 0.2) is 0 Å². The minimum absolute atomic E-state index is 0.0180. The number of hydrogen-bond acceptors (Lipinski definition) is 5. The second-order valence-corrected chi connectivity index (χ2v) is 10.4. The second-order valence-electron chi connectivity index (χ2n) is 8.81. The van der Waals surface area contributed by atoms with Crippen molar-refractivity contribution < 1.29 is 35.4 Å². The van der Waals surface area contributed by atoms with Crippen molar-refractivity contribution in [3.05, 3.63) is 71.8 Å². The fourth-order valence-corrected chi connectivity index (χ4v) is 5.53. The Morgan fingerprint density at radius 1 is 0.971 bits per heavy atom. The van der Waals surface area contributed by atoms with Crippen LogP contribution in [0, 0.1) is 5.92 Å². The van der Waals surface area contributed by atoms with Gasteiger partial charge in [0, 0.05) is 31.6 Å². The predicted octanol–water partition coefficient (Wildman–Crippen LogP) is 3.75. The maximum Gasteiger partial charge on any atom is 0.471 e. The lowest BCUT2D eigenvalue weighted by atomic mass is 9.97. The zero-order chi connectivity index (χ0) is 25.2. The maximum absolute atomic E-state index is 13.3. The molecule has 1 amide bonds. The largest absolute Gasteiger partial charge is 0.471 e. The van der Waals surface area contributed by atoms with Crippen LogP contribution in [0.25, 0.3) is 0 Å². The first-order valence-electron chi connectivity index (χ1n) is 11.3. The molecule has 1 saturated heterocycles. The van der Waals surface area contributed by atoms with Crippen molar-refractivity contribution in [1.82, 2.24) is 9.21 Å². The average Bonchev–Trinajstić information content (AvgIpc) is 3.63. The van der Waals surface area contributed by atoms with E-state index in [9.17, 15) is 31.2 Å². The van der Waals surface area contributed by atoms with Gasteiger partial charge in [-0.1, -0.05) is 48.5 Å². The molecular weight excluding hydrogens is 485 g/mol. The van der Waals surface area contributed by atoms with Gasteiger partial charge in [0.2, 0.25) is 0 Å². The predicted molar refractivity (Wildman–Crippen MR) is 120 cm³/mol. The quantitative estimate of drug-likeness (QED) is 0.567. The van der Waals surface area contributed by atoms with Crippen LogP contribution in [0.5, 0.6) is 0 Å². The van der Waals surface area contributed by atoms with Crippen LogP contribution < -0.4 is 0 Å². The Hall–Kier alpha value is -2.92. The van der Waals surface area contributed by atoms with Gasteiger partial charge in [-0.25, -0.2) is 4.79 Å². The summed E-state index contributed by atoms with van der Waals surface area (Å²) in [5.41, 5.74) is 0.975. The molecule has 0 radical (unpaired) electrons. The third-order valence-electron chi connectivity index (χ3n) is 6.42. The highest BCUT2D eigenvalue weighted by Crippen LogP contribution is 2.46. The molecule has 2 unspecified atom stereocenters. The van der Waals surface area contributed by atoms with Gasteiger partial charge in [-0.05, 0) is 42.9 Å². The Labute approximate surface area is 201 Å². The van der Waals surface area contributed by atoms with Crippen LogP contribution in [0.3, 0.4) is 0 Å². The molecule has 0 aromatic heterocycles. The molecule has 4 rings (SSSR count). The molecule has 11 heteroatoms. The molecule has 35 heavy (non-hydrogen) atoms. The Kier molecular flexibility index (Phi) is 7.18. The summed E-state index contributed by atoms with van der Waals surface area (Å²) in [5, 5.41) is 0. The van der Waals surface area contributed by atoms with Crippen molar-refractivity contribution in [2.24, 2.45) is 5.92 Å². The zero-order valence-corrected chi connectivity index (χ0v) is 19.5. The third-order valence-corrected chi connectivity index (χ3v) is 7.78. The highest BCUT2D eigenvalue weighted by atomic mass is 32.2. The van der Waals surface area contributed by atoms with Gasteiger partial charge in [0.25, 0.3) is 0 Å². The summed E-state index contributed by atoms with van der Waals surface area (Å²) in [6, 6.07) is 16.2. The van der Waals surface area contributed by atoms with E-state index >= 15 is 0 Å². The van der Waals surface area contributed by atoms with Crippen LogP contribution in [0.4, 0.5) is 13.2 Å². The molecule has 0 bridgehead atoms. The van der Waals surface area contributed by atoms with Crippen molar-refractivity contribution in [2.75, 3.05) is 19.6 Å². The first-order chi connectivity index (χ1) is 16.6. The summed E-state index contributed by atoms with van der Waals surface area (Å²) >= 11 is 0. The molecule has 2 fully saturated rings. The SMILES string of the molecule is O=C(OS(=O)(=O)N1CCC(CN(C(=O)C(F)(F)F)C2CC2c2ccccc2)CC1)c1ccccc1. The number of amides is 1. The van der Waals surface area contributed by atoms with E-state index in [1.807, 2.05) is 18.2 Å². The molecule has 1 saturated carbocycles. The summed E-state index contributed by atoms with van der Waals surface area (Å²) in [4.78, 5) is 25.3. The van der Waals surface area contributed by atoms with E-state index in [0.717, 1.165) is 14.8 Å². The molecule has 188 valence electrons. The number of piperidine rings is 1. The van der Waals surface area contributed by atoms with Gasteiger partial charge >= 0.3 is 28.4 Å². The Morgan fingerprint density at radius 2 is 1.54 bits per heavy atom. The zero-order valence-electron chi connectivity index (χ0n) is 18.7. The lowest BCUT2D eigenvalue weighted by Crippen LogP contribution is -2.48. The smallest absolute Gasteiger partial charge is 0.331 e. The molecular formula is C24H25F3N2O5S. The molecule has 0 N–H and O–H groups in total. The van der Waals surface area contributed by atoms with Crippen LogP contribution in [-0.4, -0.2) is 61.4 Å². The Bertz CT molecular complexity index is 1150. The Balaban J connectivity index is 1.37. The minimum atomic E-state index is -4.99. The second kappa shape index (κ2) is 9.98. The summed E-state index contributed by atoms with van der Waals surface area (Å²) in [6.07, 6.45) is -4.05. The van der Waals surface area contributed by atoms with E-state index in [2.05, 4.69) is 0 Å². The van der Waals surface area contributed by atoms with Gasteiger partial charge < -0.3 is 9.08 Å². The lowest BCUT2D eigenvalue weighted by molar-refractivity contribution is -0.187. The van der Waals surface area contributed by atoms with Crippen molar-refractivity contribution in [2.45, 2.75) is 37.4 Å². The third kappa shape index (κ3) is 6.02. The first-order valence-corrected chi connectivity index (χ1v) is 12.6. The van der Waals surface area contributed by atoms with Crippen LogP contribution >= 0.6 is 0 Å². The fraction of sp³-hybridized carbons (Fsp3) is 0.417. The highest BCUT2D eigenvalue weighted by Gasteiger charge is 2.52. The molecule has 1 aliphatic carbocycles. The normalized spacial score (nSPS) is 21.3. The molecule has 2 aliphatic rings. The van der Waals surface area contributed by atoms with E-state index in [-0.39, 0.29) is 49.9 Å². The van der Waals surface area contributed by atoms with Crippen molar-refractivity contribution >= 4 is 22.2 Å². The number of benzene rings is 2. The van der Waals surface area contributed by atoms with E-state index < -0.39 is 34.4 Å². The number of rotatable bonds is 7. The molecule has 2 aromatic carbocycles. The van der Waals surface area contributed by atoms with Crippen molar-refractivity contribution in [3.63, 3.8) is 0 Å². The first kappa shape index (κ1) is 25.2. The topological polar surface area (TPSA) is 84.0 Å². The molecule has 2 aromatic rings. The van der Waals surface area contributed by atoms with Gasteiger partial charge in [-0.2, -0.15) is 25.9 Å². The fourth-order valence-electron chi connectivity index (χ4n) is 4.48. The van der Waals surface area contributed by atoms with E-state index in [0.29, 0.717) is 6.42 Å². The van der Waals surface area contributed by atoms with Gasteiger partial charge in [0.05, 0.1) is 5.56 Å². The van der Waals surface area contributed by atoms with Crippen molar-refractivity contribution in [1.29, 1.82) is 0 Å². The number of carbonyl (C=O) groups is 2. The van der Waals surface area contributed by atoms with Gasteiger partial charge in [0.1, 0.15) is 0 Å². The van der Waals surface area contributed by atoms with E-state index in [1.165, 1.54) is 12.1 Å². The van der Waals surface area contributed by atoms with Crippen molar-refractivity contribution in [3.8, 4) is 0 Å². The summed E-state index contributed by atoms with van der Waals surface area (Å²) in [5.74, 6) is -3.34. The lowest BCUT2D eigenvalue weighted by Gasteiger charge is -2.34. The molecule has 2 atom stereocenters. The molecule has 7 nitrogen and oxygen atoms in total. The van der Waals surface area contributed by atoms with Gasteiger partial charge in [-0.3, -0.25) is 4.79 Å². The minimum Gasteiger partial charge on any atom is -0.331 e. The van der Waals surface area contributed by atoms with Crippen LogP contribution in [-0.2, 0) is 19.3 Å². The van der Waals surface area contributed by atoms with Crippen LogP contribution in [0.2, 0.25) is 0 Å². The number of alkyl halides is 3. The number of halogens is 3. The Morgan fingerprint density at radius 3 is 2.11 bits per heavy atom. The highest BCUT2D eigenvalue weighted by molar-refractivity contribution is 7.84. The molecule has 1 aliphatic heterocycles. The van der Waals surface area contributed by atoms with E-state index in [1.54, 1.807) is 30.3 Å². The van der Waals surface area contributed by atoms with Gasteiger partial charge in [-0.15, -0.1) is 0 Å². The van der Waals surface area contributed by atoms with Crippen LogP contribution in [0.15, 0.2) is 60.7 Å². The molecule has 0 spiro atoms. The standard InChI is InChI=1S/C24H25F3N2O5S/c25-24(26,27)23(31)29(21-15-20(21)18-7-3-1-4-8-18)16-17-11-13-28(14-12-17)35(32,33)34-22(30)19-9-5-2-6-10-19/h1-10,17,20-21H,11-16H2. The summed E-state index contributed by atoms with van der Waals surface area (Å²) in [7, 11) is -4.35. The number of hydrogen-bond donors (Lipinski definition) is 0. The van der Waals surface area contributed by atoms with E-state index in [4.69, 9.17) is 4.18 Å². The summed E-state index contributed by atoms with van der Waals surface area (Å²) in [6.45, 7) is -0.143. The number of nitrogens with zero attached hydrogens (tertiary/aromatic N) is 2. The average molecular weight is 511 g/mol. The molecule has 1 heterocycles. The number of carbonyl (C=O) groups excluding carboxylic acids is 2. The summed E-state index contributed by atoms with van der Waals surface area (Å²) < 4.78 is 70.7. The van der Waals surface area contributed by atoms with Crippen LogP contribution in [0.1, 0.15) is 41.1 Å².